The molecule has 1 aromatic rings. The van der Waals surface area contributed by atoms with E-state index in [-0.39, 0.29) is 5.91 Å². The molecule has 2 rings (SSSR count). The third-order valence-corrected chi connectivity index (χ3v) is 3.60. The smallest absolute Gasteiger partial charge is 0.251 e. The van der Waals surface area contributed by atoms with Gasteiger partial charge in [0.2, 0.25) is 0 Å². The van der Waals surface area contributed by atoms with Crippen LogP contribution in [-0.4, -0.2) is 25.0 Å². The van der Waals surface area contributed by atoms with E-state index in [9.17, 15) is 4.79 Å². The molecule has 1 atom stereocenters. The highest BCUT2D eigenvalue weighted by Gasteiger charge is 2.15. The Balaban J connectivity index is 1.92. The van der Waals surface area contributed by atoms with Crippen LogP contribution in [0.3, 0.4) is 0 Å². The highest BCUT2D eigenvalue weighted by molar-refractivity contribution is 6.31. The summed E-state index contributed by atoms with van der Waals surface area (Å²) in [5.74, 6) is -0.0395. The van der Waals surface area contributed by atoms with E-state index in [1.807, 2.05) is 13.0 Å². The van der Waals surface area contributed by atoms with Gasteiger partial charge in [-0.1, -0.05) is 24.1 Å². The summed E-state index contributed by atoms with van der Waals surface area (Å²) in [4.78, 5) is 12.1. The molecule has 1 heterocycles. The molecule has 1 fully saturated rings. The number of aryl methyl sites for hydroxylation is 1. The third kappa shape index (κ3) is 3.47. The zero-order chi connectivity index (χ0) is 13.0. The first kappa shape index (κ1) is 13.4. The van der Waals surface area contributed by atoms with E-state index in [2.05, 4.69) is 10.6 Å². The van der Waals surface area contributed by atoms with Crippen molar-refractivity contribution in [3.8, 4) is 0 Å². The van der Waals surface area contributed by atoms with Gasteiger partial charge in [-0.2, -0.15) is 0 Å². The number of benzene rings is 1. The lowest BCUT2D eigenvalue weighted by Crippen LogP contribution is -2.43. The van der Waals surface area contributed by atoms with Crippen LogP contribution in [0.5, 0.6) is 0 Å². The second kappa shape index (κ2) is 6.21. The minimum absolute atomic E-state index is 0.0395. The quantitative estimate of drug-likeness (QED) is 0.883. The van der Waals surface area contributed by atoms with E-state index in [4.69, 9.17) is 11.6 Å². The molecule has 0 aromatic heterocycles. The standard InChI is InChI=1S/C14H19ClN2O/c1-10-5-6-11(15)8-13(10)14(18)17-9-12-4-2-3-7-16-12/h5-6,8,12,16H,2-4,7,9H2,1H3,(H,17,18). The van der Waals surface area contributed by atoms with Crippen molar-refractivity contribution in [3.63, 3.8) is 0 Å². The van der Waals surface area contributed by atoms with Gasteiger partial charge in [-0.15, -0.1) is 0 Å². The van der Waals surface area contributed by atoms with Crippen LogP contribution in [0.1, 0.15) is 35.2 Å². The fraction of sp³-hybridized carbons (Fsp3) is 0.500. The fourth-order valence-electron chi connectivity index (χ4n) is 2.25. The van der Waals surface area contributed by atoms with Gasteiger partial charge >= 0.3 is 0 Å². The zero-order valence-electron chi connectivity index (χ0n) is 10.6. The van der Waals surface area contributed by atoms with Crippen LogP contribution in [-0.2, 0) is 0 Å². The van der Waals surface area contributed by atoms with Crippen LogP contribution in [0.2, 0.25) is 5.02 Å². The number of hydrogen-bond donors (Lipinski definition) is 2. The summed E-state index contributed by atoms with van der Waals surface area (Å²) in [6, 6.07) is 5.80. The number of hydrogen-bond acceptors (Lipinski definition) is 2. The predicted octanol–water partition coefficient (Wildman–Crippen LogP) is 2.52. The molecule has 3 nitrogen and oxygen atoms in total. The molecule has 0 bridgehead atoms. The zero-order valence-corrected chi connectivity index (χ0v) is 11.4. The summed E-state index contributed by atoms with van der Waals surface area (Å²) in [5, 5.41) is 6.99. The van der Waals surface area contributed by atoms with Crippen molar-refractivity contribution in [1.82, 2.24) is 10.6 Å². The largest absolute Gasteiger partial charge is 0.350 e. The summed E-state index contributed by atoms with van der Waals surface area (Å²) < 4.78 is 0. The molecule has 1 aliphatic heterocycles. The van der Waals surface area contributed by atoms with Crippen LogP contribution in [0.25, 0.3) is 0 Å². The van der Waals surface area contributed by atoms with Gasteiger partial charge in [0.05, 0.1) is 0 Å². The van der Waals surface area contributed by atoms with Crippen molar-refractivity contribution in [2.24, 2.45) is 0 Å². The minimum Gasteiger partial charge on any atom is -0.350 e. The van der Waals surface area contributed by atoms with E-state index >= 15 is 0 Å². The van der Waals surface area contributed by atoms with Crippen LogP contribution in [0.4, 0.5) is 0 Å². The van der Waals surface area contributed by atoms with Crippen molar-refractivity contribution < 1.29 is 4.79 Å². The molecule has 0 radical (unpaired) electrons. The summed E-state index contributed by atoms with van der Waals surface area (Å²) in [7, 11) is 0. The Morgan fingerprint density at radius 2 is 2.33 bits per heavy atom. The van der Waals surface area contributed by atoms with E-state index in [1.54, 1.807) is 12.1 Å². The Bertz CT molecular complexity index is 428. The normalized spacial score (nSPS) is 19.6. The predicted molar refractivity (Wildman–Crippen MR) is 74.2 cm³/mol. The molecule has 0 spiro atoms. The number of carbonyl (C=O) groups is 1. The first-order valence-electron chi connectivity index (χ1n) is 6.44. The van der Waals surface area contributed by atoms with Crippen LogP contribution in [0, 0.1) is 6.92 Å². The first-order valence-corrected chi connectivity index (χ1v) is 6.82. The molecule has 1 amide bonds. The fourth-order valence-corrected chi connectivity index (χ4v) is 2.42. The Hall–Kier alpha value is -1.06. The summed E-state index contributed by atoms with van der Waals surface area (Å²) in [5.41, 5.74) is 1.62. The number of halogens is 1. The highest BCUT2D eigenvalue weighted by Crippen LogP contribution is 2.15. The van der Waals surface area contributed by atoms with Crippen LogP contribution < -0.4 is 10.6 Å². The first-order chi connectivity index (χ1) is 8.66. The maximum Gasteiger partial charge on any atom is 0.251 e. The number of nitrogens with one attached hydrogen (secondary N) is 2. The number of piperidine rings is 1. The number of amides is 1. The average molecular weight is 267 g/mol. The summed E-state index contributed by atoms with van der Waals surface area (Å²) >= 11 is 5.92. The molecule has 1 saturated heterocycles. The van der Waals surface area contributed by atoms with Gasteiger partial charge in [-0.25, -0.2) is 0 Å². The molecule has 0 aliphatic carbocycles. The third-order valence-electron chi connectivity index (χ3n) is 3.37. The Morgan fingerprint density at radius 3 is 3.06 bits per heavy atom. The van der Waals surface area contributed by atoms with Gasteiger partial charge < -0.3 is 10.6 Å². The lowest BCUT2D eigenvalue weighted by molar-refractivity contribution is 0.0947. The van der Waals surface area contributed by atoms with Crippen molar-refractivity contribution in [1.29, 1.82) is 0 Å². The van der Waals surface area contributed by atoms with E-state index in [0.29, 0.717) is 23.2 Å². The van der Waals surface area contributed by atoms with Crippen LogP contribution in [0.15, 0.2) is 18.2 Å². The molecule has 2 N–H and O–H groups in total. The Morgan fingerprint density at radius 1 is 1.50 bits per heavy atom. The molecule has 1 aliphatic rings. The topological polar surface area (TPSA) is 41.1 Å². The maximum atomic E-state index is 12.1. The minimum atomic E-state index is -0.0395. The molecule has 1 unspecified atom stereocenters. The van der Waals surface area contributed by atoms with E-state index in [1.165, 1.54) is 12.8 Å². The Kier molecular flexibility index (Phi) is 4.61. The van der Waals surface area contributed by atoms with Crippen molar-refractivity contribution in [2.45, 2.75) is 32.2 Å². The van der Waals surface area contributed by atoms with Crippen LogP contribution >= 0.6 is 11.6 Å². The van der Waals surface area contributed by atoms with Crippen molar-refractivity contribution in [3.05, 3.63) is 34.3 Å². The second-order valence-corrected chi connectivity index (χ2v) is 5.25. The molecule has 18 heavy (non-hydrogen) atoms. The van der Waals surface area contributed by atoms with E-state index in [0.717, 1.165) is 18.5 Å². The average Bonchev–Trinajstić information content (AvgIpc) is 2.40. The summed E-state index contributed by atoms with van der Waals surface area (Å²) in [6.07, 6.45) is 3.61. The summed E-state index contributed by atoms with van der Waals surface area (Å²) in [6.45, 7) is 3.66. The maximum absolute atomic E-state index is 12.1. The Labute approximate surface area is 113 Å². The van der Waals surface area contributed by atoms with Gasteiger partial charge in [0, 0.05) is 23.2 Å². The molecular weight excluding hydrogens is 248 g/mol. The molecular formula is C14H19ClN2O. The SMILES string of the molecule is Cc1ccc(Cl)cc1C(=O)NCC1CCCCN1. The lowest BCUT2D eigenvalue weighted by atomic mass is 10.0. The number of carbonyl (C=O) groups excluding carboxylic acids is 1. The van der Waals surface area contributed by atoms with Gasteiger partial charge in [-0.05, 0) is 44.0 Å². The molecule has 1 aromatic carbocycles. The monoisotopic (exact) mass is 266 g/mol. The van der Waals surface area contributed by atoms with Gasteiger partial charge in [0.1, 0.15) is 0 Å². The molecule has 0 saturated carbocycles. The van der Waals surface area contributed by atoms with Gasteiger partial charge in [-0.3, -0.25) is 4.79 Å². The van der Waals surface area contributed by atoms with Gasteiger partial charge in [0.15, 0.2) is 0 Å². The van der Waals surface area contributed by atoms with E-state index < -0.39 is 0 Å². The number of rotatable bonds is 3. The molecule has 98 valence electrons. The van der Waals surface area contributed by atoms with Crippen molar-refractivity contribution in [2.75, 3.05) is 13.1 Å². The van der Waals surface area contributed by atoms with Crippen molar-refractivity contribution >= 4 is 17.5 Å². The second-order valence-electron chi connectivity index (χ2n) is 4.82. The highest BCUT2D eigenvalue weighted by atomic mass is 35.5. The lowest BCUT2D eigenvalue weighted by Gasteiger charge is -2.23. The molecule has 4 heteroatoms. The van der Waals surface area contributed by atoms with Gasteiger partial charge in [0.25, 0.3) is 5.91 Å².